The van der Waals surface area contributed by atoms with Crippen molar-refractivity contribution in [1.82, 2.24) is 10.2 Å². The van der Waals surface area contributed by atoms with Crippen molar-refractivity contribution in [3.63, 3.8) is 0 Å². The van der Waals surface area contributed by atoms with Crippen LogP contribution < -0.4 is 5.32 Å². The van der Waals surface area contributed by atoms with E-state index in [9.17, 15) is 4.79 Å². The number of thiophene rings is 1. The first-order chi connectivity index (χ1) is 9.83. The van der Waals surface area contributed by atoms with Crippen LogP contribution in [0.5, 0.6) is 0 Å². The Balaban J connectivity index is 1.52. The number of amides is 2. The first-order valence-corrected chi connectivity index (χ1v) is 9.46. The highest BCUT2D eigenvalue weighted by atomic mass is 32.2. The van der Waals surface area contributed by atoms with Gasteiger partial charge in [-0.2, -0.15) is 11.8 Å². The molecule has 0 radical (unpaired) electrons. The Labute approximate surface area is 129 Å². The van der Waals surface area contributed by atoms with Gasteiger partial charge in [-0.1, -0.05) is 18.9 Å². The summed E-state index contributed by atoms with van der Waals surface area (Å²) < 4.78 is 0. The summed E-state index contributed by atoms with van der Waals surface area (Å²) in [5.74, 6) is 1.04. The summed E-state index contributed by atoms with van der Waals surface area (Å²) in [7, 11) is 0. The standard InChI is InChI=1S/C15H22N2OS2/c18-15(16-12-4-1-2-5-12)17-8-7-14(20-11-9-17)13-6-3-10-19-13/h3,6,10,12,14H,1-2,4-5,7-9,11H2,(H,16,18). The van der Waals surface area contributed by atoms with Crippen molar-refractivity contribution in [2.45, 2.75) is 43.4 Å². The fourth-order valence-corrected chi connectivity index (χ4v) is 5.25. The molecule has 110 valence electrons. The summed E-state index contributed by atoms with van der Waals surface area (Å²) in [5.41, 5.74) is 0. The lowest BCUT2D eigenvalue weighted by Gasteiger charge is -2.23. The number of carbonyl (C=O) groups is 1. The highest BCUT2D eigenvalue weighted by Crippen LogP contribution is 2.36. The number of nitrogens with one attached hydrogen (secondary N) is 1. The second kappa shape index (κ2) is 6.85. The molecular weight excluding hydrogens is 288 g/mol. The van der Waals surface area contributed by atoms with Gasteiger partial charge in [0.25, 0.3) is 0 Å². The Morgan fingerprint density at radius 2 is 2.10 bits per heavy atom. The number of rotatable bonds is 2. The van der Waals surface area contributed by atoms with Crippen molar-refractivity contribution in [3.05, 3.63) is 22.4 Å². The van der Waals surface area contributed by atoms with Crippen molar-refractivity contribution in [3.8, 4) is 0 Å². The van der Waals surface area contributed by atoms with Crippen molar-refractivity contribution in [1.29, 1.82) is 0 Å². The van der Waals surface area contributed by atoms with Crippen LogP contribution in [-0.4, -0.2) is 35.8 Å². The van der Waals surface area contributed by atoms with Gasteiger partial charge < -0.3 is 10.2 Å². The van der Waals surface area contributed by atoms with Gasteiger partial charge in [0.2, 0.25) is 0 Å². The van der Waals surface area contributed by atoms with Crippen molar-refractivity contribution in [2.24, 2.45) is 0 Å². The molecule has 1 saturated carbocycles. The highest BCUT2D eigenvalue weighted by Gasteiger charge is 2.24. The smallest absolute Gasteiger partial charge is 0.317 e. The lowest BCUT2D eigenvalue weighted by atomic mass is 10.2. The topological polar surface area (TPSA) is 32.3 Å². The first kappa shape index (κ1) is 14.3. The van der Waals surface area contributed by atoms with Gasteiger partial charge in [0.05, 0.1) is 0 Å². The molecule has 1 aliphatic heterocycles. The minimum Gasteiger partial charge on any atom is -0.335 e. The highest BCUT2D eigenvalue weighted by molar-refractivity contribution is 7.99. The molecule has 2 heterocycles. The number of hydrogen-bond acceptors (Lipinski definition) is 3. The quantitative estimate of drug-likeness (QED) is 0.899. The molecule has 1 atom stereocenters. The van der Waals surface area contributed by atoms with Crippen LogP contribution in [0.4, 0.5) is 4.79 Å². The maximum atomic E-state index is 12.3. The van der Waals surface area contributed by atoms with E-state index in [1.165, 1.54) is 17.7 Å². The molecule has 3 nitrogen and oxygen atoms in total. The van der Waals surface area contributed by atoms with Crippen LogP contribution in [0.15, 0.2) is 17.5 Å². The zero-order valence-electron chi connectivity index (χ0n) is 11.7. The molecule has 1 saturated heterocycles. The Hall–Kier alpha value is -0.680. The third kappa shape index (κ3) is 3.50. The van der Waals surface area contributed by atoms with Gasteiger partial charge in [-0.05, 0) is 30.7 Å². The Bertz CT molecular complexity index is 429. The molecule has 3 rings (SSSR count). The van der Waals surface area contributed by atoms with Crippen LogP contribution in [-0.2, 0) is 0 Å². The lowest BCUT2D eigenvalue weighted by Crippen LogP contribution is -2.44. The van der Waals surface area contributed by atoms with Gasteiger partial charge in [-0.25, -0.2) is 4.79 Å². The summed E-state index contributed by atoms with van der Waals surface area (Å²) in [6, 6.07) is 4.92. The monoisotopic (exact) mass is 310 g/mol. The molecule has 1 aromatic rings. The zero-order chi connectivity index (χ0) is 13.8. The van der Waals surface area contributed by atoms with Crippen LogP contribution in [0.3, 0.4) is 0 Å². The van der Waals surface area contributed by atoms with Crippen molar-refractivity contribution >= 4 is 29.1 Å². The average Bonchev–Trinajstić information content (AvgIpc) is 3.09. The molecule has 2 aliphatic rings. The minimum absolute atomic E-state index is 0.157. The third-order valence-electron chi connectivity index (χ3n) is 4.17. The fraction of sp³-hybridized carbons (Fsp3) is 0.667. The van der Waals surface area contributed by atoms with Gasteiger partial charge in [-0.3, -0.25) is 0 Å². The van der Waals surface area contributed by atoms with E-state index < -0.39 is 0 Å². The number of urea groups is 1. The Morgan fingerprint density at radius 1 is 1.25 bits per heavy atom. The van der Waals surface area contributed by atoms with Crippen molar-refractivity contribution in [2.75, 3.05) is 18.8 Å². The van der Waals surface area contributed by atoms with Crippen molar-refractivity contribution < 1.29 is 4.79 Å². The van der Waals surface area contributed by atoms with E-state index in [1.54, 1.807) is 0 Å². The van der Waals surface area contributed by atoms with E-state index in [-0.39, 0.29) is 6.03 Å². The molecule has 2 amide bonds. The summed E-state index contributed by atoms with van der Waals surface area (Å²) in [6.07, 6.45) is 5.92. The van der Waals surface area contributed by atoms with Crippen LogP contribution in [0, 0.1) is 0 Å². The molecule has 20 heavy (non-hydrogen) atoms. The Kier molecular flexibility index (Phi) is 4.89. The van der Waals surface area contributed by atoms with E-state index >= 15 is 0 Å². The molecule has 1 aliphatic carbocycles. The third-order valence-corrected chi connectivity index (χ3v) is 6.62. The average molecular weight is 310 g/mol. The summed E-state index contributed by atoms with van der Waals surface area (Å²) >= 11 is 3.83. The molecule has 1 aromatic heterocycles. The predicted octanol–water partition coefficient (Wildman–Crippen LogP) is 3.88. The second-order valence-electron chi connectivity index (χ2n) is 5.58. The molecule has 1 N–H and O–H groups in total. The molecule has 1 unspecified atom stereocenters. The van der Waals surface area contributed by atoms with E-state index in [2.05, 4.69) is 22.8 Å². The zero-order valence-corrected chi connectivity index (χ0v) is 13.3. The van der Waals surface area contributed by atoms with Gasteiger partial charge in [0.1, 0.15) is 0 Å². The summed E-state index contributed by atoms with van der Waals surface area (Å²) in [6.45, 7) is 1.76. The maximum Gasteiger partial charge on any atom is 0.317 e. The molecule has 0 bridgehead atoms. The summed E-state index contributed by atoms with van der Waals surface area (Å²) in [5, 5.41) is 5.92. The maximum absolute atomic E-state index is 12.3. The molecule has 0 spiro atoms. The second-order valence-corrected chi connectivity index (χ2v) is 7.87. The Morgan fingerprint density at radius 3 is 2.85 bits per heavy atom. The van der Waals surface area contributed by atoms with Gasteiger partial charge in [0.15, 0.2) is 0 Å². The predicted molar refractivity (Wildman–Crippen MR) is 86.5 cm³/mol. The molecule has 5 heteroatoms. The fourth-order valence-electron chi connectivity index (χ4n) is 3.01. The van der Waals surface area contributed by atoms with Gasteiger partial charge >= 0.3 is 6.03 Å². The number of hydrogen-bond donors (Lipinski definition) is 1. The first-order valence-electron chi connectivity index (χ1n) is 7.53. The summed E-state index contributed by atoms with van der Waals surface area (Å²) in [4.78, 5) is 15.8. The van der Waals surface area contributed by atoms with E-state index in [0.29, 0.717) is 11.3 Å². The van der Waals surface area contributed by atoms with Gasteiger partial charge in [-0.15, -0.1) is 11.3 Å². The molecule has 0 aromatic carbocycles. The number of carbonyl (C=O) groups excluding carboxylic acids is 1. The minimum atomic E-state index is 0.157. The normalized spacial score (nSPS) is 24.6. The van der Waals surface area contributed by atoms with E-state index in [1.807, 2.05) is 28.0 Å². The van der Waals surface area contributed by atoms with Crippen LogP contribution in [0.2, 0.25) is 0 Å². The largest absolute Gasteiger partial charge is 0.335 e. The molecular formula is C15H22N2OS2. The SMILES string of the molecule is O=C(NC1CCCC1)N1CCSC(c2cccs2)CC1. The van der Waals surface area contributed by atoms with Crippen LogP contribution >= 0.6 is 23.1 Å². The van der Waals surface area contributed by atoms with Gasteiger partial charge in [0, 0.05) is 35.0 Å². The number of thioether (sulfide) groups is 1. The molecule has 2 fully saturated rings. The van der Waals surface area contributed by atoms with Crippen LogP contribution in [0.1, 0.15) is 42.2 Å². The van der Waals surface area contributed by atoms with E-state index in [0.717, 1.165) is 38.1 Å². The van der Waals surface area contributed by atoms with E-state index in [4.69, 9.17) is 0 Å². The van der Waals surface area contributed by atoms with Crippen LogP contribution in [0.25, 0.3) is 0 Å². The lowest BCUT2D eigenvalue weighted by molar-refractivity contribution is 0.197. The number of nitrogens with zero attached hydrogens (tertiary/aromatic N) is 1.